The molecule has 0 aliphatic carbocycles. The van der Waals surface area contributed by atoms with E-state index in [2.05, 4.69) is 21.9 Å². The third-order valence-electron chi connectivity index (χ3n) is 2.64. The van der Waals surface area contributed by atoms with Gasteiger partial charge in [-0.2, -0.15) is 0 Å². The summed E-state index contributed by atoms with van der Waals surface area (Å²) in [6.45, 7) is 2.05. The summed E-state index contributed by atoms with van der Waals surface area (Å²) in [7, 11) is 0. The number of nitrogen functional groups attached to an aromatic ring is 1. The Labute approximate surface area is 114 Å². The zero-order chi connectivity index (χ0) is 13.2. The topological polar surface area (TPSA) is 77.8 Å². The lowest BCUT2D eigenvalue weighted by Gasteiger charge is -1.98. The second kappa shape index (κ2) is 4.89. The first-order valence-electron chi connectivity index (χ1n) is 5.89. The largest absolute Gasteiger partial charge is 0.431 e. The maximum Gasteiger partial charge on any atom is 0.263 e. The van der Waals surface area contributed by atoms with E-state index in [1.807, 2.05) is 12.1 Å². The van der Waals surface area contributed by atoms with Gasteiger partial charge in [-0.05, 0) is 42.4 Å². The zero-order valence-corrected chi connectivity index (χ0v) is 11.1. The number of hydrogen-bond acceptors (Lipinski definition) is 6. The fourth-order valence-corrected chi connectivity index (χ4v) is 2.43. The number of aromatic nitrogens is 3. The number of anilines is 1. The van der Waals surface area contributed by atoms with Crippen LogP contribution in [0.3, 0.4) is 0 Å². The molecule has 0 aliphatic heterocycles. The SMILES string of the molecule is CCc1cc(Sc2nc3cc(N)ccc3o2)ncn1. The van der Waals surface area contributed by atoms with Crippen molar-refractivity contribution in [2.75, 3.05) is 5.73 Å². The third kappa shape index (κ3) is 2.53. The molecule has 2 aromatic heterocycles. The van der Waals surface area contributed by atoms with Gasteiger partial charge < -0.3 is 10.2 Å². The lowest BCUT2D eigenvalue weighted by Crippen LogP contribution is -1.89. The molecule has 96 valence electrons. The Kier molecular flexibility index (Phi) is 3.08. The maximum atomic E-state index is 5.71. The van der Waals surface area contributed by atoms with Crippen LogP contribution < -0.4 is 5.73 Å². The standard InChI is InChI=1S/C13H12N4OS/c1-2-9-6-12(16-7-15-9)19-13-17-10-5-8(14)3-4-11(10)18-13/h3-7H,2,14H2,1H3. The molecule has 2 N–H and O–H groups in total. The molecule has 6 heteroatoms. The molecular weight excluding hydrogens is 260 g/mol. The average molecular weight is 272 g/mol. The molecule has 3 rings (SSSR count). The summed E-state index contributed by atoms with van der Waals surface area (Å²) in [5, 5.41) is 1.38. The van der Waals surface area contributed by atoms with Crippen molar-refractivity contribution in [2.24, 2.45) is 0 Å². The van der Waals surface area contributed by atoms with Gasteiger partial charge in [-0.25, -0.2) is 15.0 Å². The summed E-state index contributed by atoms with van der Waals surface area (Å²) < 4.78 is 5.64. The van der Waals surface area contributed by atoms with E-state index in [1.54, 1.807) is 18.5 Å². The smallest absolute Gasteiger partial charge is 0.263 e. The fourth-order valence-electron chi connectivity index (χ4n) is 1.68. The number of rotatable bonds is 3. The van der Waals surface area contributed by atoms with Crippen LogP contribution in [-0.2, 0) is 6.42 Å². The van der Waals surface area contributed by atoms with Gasteiger partial charge >= 0.3 is 0 Å². The van der Waals surface area contributed by atoms with Crippen LogP contribution in [0.4, 0.5) is 5.69 Å². The van der Waals surface area contributed by atoms with E-state index in [9.17, 15) is 0 Å². The van der Waals surface area contributed by atoms with Crippen LogP contribution in [0.2, 0.25) is 0 Å². The molecule has 19 heavy (non-hydrogen) atoms. The van der Waals surface area contributed by atoms with Gasteiger partial charge in [-0.3, -0.25) is 0 Å². The zero-order valence-electron chi connectivity index (χ0n) is 10.3. The van der Waals surface area contributed by atoms with Crippen molar-refractivity contribution in [3.63, 3.8) is 0 Å². The summed E-state index contributed by atoms with van der Waals surface area (Å²) in [5.41, 5.74) is 8.87. The molecule has 0 fully saturated rings. The highest BCUT2D eigenvalue weighted by atomic mass is 32.2. The number of nitrogens with zero attached hydrogens (tertiary/aromatic N) is 3. The van der Waals surface area contributed by atoms with Crippen LogP contribution in [0.25, 0.3) is 11.1 Å². The van der Waals surface area contributed by atoms with E-state index in [0.717, 1.165) is 28.2 Å². The highest BCUT2D eigenvalue weighted by Gasteiger charge is 2.09. The molecule has 5 nitrogen and oxygen atoms in total. The first-order chi connectivity index (χ1) is 9.24. The maximum absolute atomic E-state index is 5.71. The first kappa shape index (κ1) is 12.0. The van der Waals surface area contributed by atoms with Crippen molar-refractivity contribution in [1.29, 1.82) is 0 Å². The van der Waals surface area contributed by atoms with Crippen molar-refractivity contribution < 1.29 is 4.42 Å². The van der Waals surface area contributed by atoms with Gasteiger partial charge in [0.05, 0.1) is 0 Å². The molecule has 2 heterocycles. The number of hydrogen-bond donors (Lipinski definition) is 1. The average Bonchev–Trinajstić information content (AvgIpc) is 2.80. The molecular formula is C13H12N4OS. The number of aryl methyl sites for hydroxylation is 1. The van der Waals surface area contributed by atoms with Crippen molar-refractivity contribution in [2.45, 2.75) is 23.6 Å². The molecule has 1 aromatic carbocycles. The van der Waals surface area contributed by atoms with Gasteiger partial charge in [0.25, 0.3) is 5.22 Å². The summed E-state index contributed by atoms with van der Waals surface area (Å²) in [6, 6.07) is 7.34. The second-order valence-electron chi connectivity index (χ2n) is 4.01. The van der Waals surface area contributed by atoms with Crippen molar-refractivity contribution >= 4 is 28.5 Å². The Balaban J connectivity index is 1.92. The number of nitrogens with two attached hydrogens (primary N) is 1. The Hall–Kier alpha value is -2.08. The van der Waals surface area contributed by atoms with E-state index < -0.39 is 0 Å². The Morgan fingerprint density at radius 2 is 2.16 bits per heavy atom. The van der Waals surface area contributed by atoms with Gasteiger partial charge in [0.15, 0.2) is 5.58 Å². The molecule has 0 atom stereocenters. The predicted octanol–water partition coefficient (Wildman–Crippen LogP) is 2.91. The van der Waals surface area contributed by atoms with Crippen LogP contribution in [-0.4, -0.2) is 15.0 Å². The van der Waals surface area contributed by atoms with Crippen molar-refractivity contribution in [1.82, 2.24) is 15.0 Å². The Morgan fingerprint density at radius 1 is 1.26 bits per heavy atom. The molecule has 0 amide bonds. The van der Waals surface area contributed by atoms with Crippen LogP contribution in [0, 0.1) is 0 Å². The lowest BCUT2D eigenvalue weighted by molar-refractivity contribution is 0.489. The minimum atomic E-state index is 0.557. The van der Waals surface area contributed by atoms with E-state index in [1.165, 1.54) is 11.8 Å². The minimum Gasteiger partial charge on any atom is -0.431 e. The van der Waals surface area contributed by atoms with Gasteiger partial charge in [0.2, 0.25) is 0 Å². The molecule has 0 radical (unpaired) electrons. The molecule has 0 saturated heterocycles. The van der Waals surface area contributed by atoms with Crippen LogP contribution in [0.1, 0.15) is 12.6 Å². The second-order valence-corrected chi connectivity index (χ2v) is 4.98. The molecule has 0 aliphatic rings. The monoisotopic (exact) mass is 272 g/mol. The van der Waals surface area contributed by atoms with Crippen LogP contribution in [0.5, 0.6) is 0 Å². The molecule has 0 saturated carbocycles. The lowest BCUT2D eigenvalue weighted by atomic mass is 10.3. The predicted molar refractivity (Wildman–Crippen MR) is 74.0 cm³/mol. The van der Waals surface area contributed by atoms with Gasteiger partial charge in [-0.1, -0.05) is 6.92 Å². The van der Waals surface area contributed by atoms with E-state index in [0.29, 0.717) is 10.9 Å². The summed E-state index contributed by atoms with van der Waals surface area (Å²) >= 11 is 1.38. The van der Waals surface area contributed by atoms with Crippen LogP contribution in [0.15, 0.2) is 45.3 Å². The number of fused-ring (bicyclic) bond motifs is 1. The van der Waals surface area contributed by atoms with Gasteiger partial charge in [0.1, 0.15) is 16.9 Å². The quantitative estimate of drug-likeness (QED) is 0.583. The summed E-state index contributed by atoms with van der Waals surface area (Å²) in [4.78, 5) is 12.7. The van der Waals surface area contributed by atoms with Crippen molar-refractivity contribution in [3.05, 3.63) is 36.3 Å². The highest BCUT2D eigenvalue weighted by Crippen LogP contribution is 2.29. The van der Waals surface area contributed by atoms with Crippen LogP contribution >= 0.6 is 11.8 Å². The Morgan fingerprint density at radius 3 is 3.00 bits per heavy atom. The summed E-state index contributed by atoms with van der Waals surface area (Å²) in [5.74, 6) is 0. The van der Waals surface area contributed by atoms with E-state index in [4.69, 9.17) is 10.2 Å². The Bertz CT molecular complexity index is 725. The molecule has 0 unspecified atom stereocenters. The first-order valence-corrected chi connectivity index (χ1v) is 6.71. The highest BCUT2D eigenvalue weighted by molar-refractivity contribution is 7.99. The summed E-state index contributed by atoms with van der Waals surface area (Å²) in [6.07, 6.45) is 2.43. The fraction of sp³-hybridized carbons (Fsp3) is 0.154. The third-order valence-corrected chi connectivity index (χ3v) is 3.43. The number of oxazole rings is 1. The normalized spacial score (nSPS) is 11.0. The van der Waals surface area contributed by atoms with Crippen molar-refractivity contribution in [3.8, 4) is 0 Å². The minimum absolute atomic E-state index is 0.557. The van der Waals surface area contributed by atoms with Gasteiger partial charge in [-0.15, -0.1) is 0 Å². The molecule has 3 aromatic rings. The van der Waals surface area contributed by atoms with E-state index >= 15 is 0 Å². The molecule has 0 bridgehead atoms. The van der Waals surface area contributed by atoms with Gasteiger partial charge in [0, 0.05) is 11.4 Å². The molecule has 0 spiro atoms. The van der Waals surface area contributed by atoms with E-state index in [-0.39, 0.29) is 0 Å². The number of benzene rings is 1.